The SMILES string of the molecule is Cc1cc2oc(=O)cc(COC(=O)COc3ccc(Cl)c(C)c3)c2cc1C. The Bertz CT molecular complexity index is 1070. The molecule has 0 aliphatic heterocycles. The van der Waals surface area contributed by atoms with Gasteiger partial charge in [0.05, 0.1) is 0 Å². The fourth-order valence-electron chi connectivity index (χ4n) is 2.65. The molecule has 3 rings (SSSR count). The van der Waals surface area contributed by atoms with E-state index in [9.17, 15) is 9.59 Å². The molecule has 0 aliphatic rings. The smallest absolute Gasteiger partial charge is 0.344 e. The first-order valence-electron chi connectivity index (χ1n) is 8.42. The molecule has 6 heteroatoms. The second-order valence-electron chi connectivity index (χ2n) is 6.38. The molecule has 3 aromatic rings. The molecule has 0 N–H and O–H groups in total. The summed E-state index contributed by atoms with van der Waals surface area (Å²) in [6.07, 6.45) is 0. The molecule has 0 spiro atoms. The van der Waals surface area contributed by atoms with Gasteiger partial charge in [-0.15, -0.1) is 0 Å². The van der Waals surface area contributed by atoms with Crippen molar-refractivity contribution in [2.75, 3.05) is 6.61 Å². The van der Waals surface area contributed by atoms with Crippen molar-refractivity contribution >= 4 is 28.5 Å². The average Bonchev–Trinajstić information content (AvgIpc) is 2.62. The Hall–Kier alpha value is -2.79. The molecule has 27 heavy (non-hydrogen) atoms. The first-order valence-corrected chi connectivity index (χ1v) is 8.80. The van der Waals surface area contributed by atoms with Crippen LogP contribution in [0.5, 0.6) is 5.75 Å². The van der Waals surface area contributed by atoms with Gasteiger partial charge in [0.15, 0.2) is 6.61 Å². The molecule has 2 aromatic carbocycles. The number of hydrogen-bond donors (Lipinski definition) is 0. The van der Waals surface area contributed by atoms with Crippen LogP contribution in [0.2, 0.25) is 5.02 Å². The standard InChI is InChI=1S/C21H19ClO5/c1-12-7-17-15(9-20(23)27-19(17)8-13(12)2)10-26-21(24)11-25-16-4-5-18(22)14(3)6-16/h4-9H,10-11H2,1-3H3. The van der Waals surface area contributed by atoms with E-state index in [-0.39, 0.29) is 13.2 Å². The van der Waals surface area contributed by atoms with Gasteiger partial charge in [-0.3, -0.25) is 0 Å². The third kappa shape index (κ3) is 4.49. The number of rotatable bonds is 5. The summed E-state index contributed by atoms with van der Waals surface area (Å²) >= 11 is 5.96. The van der Waals surface area contributed by atoms with Gasteiger partial charge in [0.1, 0.15) is 17.9 Å². The lowest BCUT2D eigenvalue weighted by Crippen LogP contribution is -2.15. The molecule has 0 bridgehead atoms. The summed E-state index contributed by atoms with van der Waals surface area (Å²) in [5, 5.41) is 1.38. The fourth-order valence-corrected chi connectivity index (χ4v) is 2.77. The highest BCUT2D eigenvalue weighted by atomic mass is 35.5. The van der Waals surface area contributed by atoms with Gasteiger partial charge < -0.3 is 13.9 Å². The predicted octanol–water partition coefficient (Wildman–Crippen LogP) is 4.49. The number of fused-ring (bicyclic) bond motifs is 1. The highest BCUT2D eigenvalue weighted by Crippen LogP contribution is 2.23. The van der Waals surface area contributed by atoms with Gasteiger partial charge in [0.25, 0.3) is 0 Å². The molecule has 0 aliphatic carbocycles. The van der Waals surface area contributed by atoms with Crippen LogP contribution >= 0.6 is 11.6 Å². The highest BCUT2D eigenvalue weighted by molar-refractivity contribution is 6.31. The number of carbonyl (C=O) groups excluding carboxylic acids is 1. The summed E-state index contributed by atoms with van der Waals surface area (Å²) in [6.45, 7) is 5.49. The van der Waals surface area contributed by atoms with E-state index in [1.54, 1.807) is 18.2 Å². The van der Waals surface area contributed by atoms with Gasteiger partial charge in [0.2, 0.25) is 0 Å². The first kappa shape index (κ1) is 19.0. The molecular weight excluding hydrogens is 368 g/mol. The van der Waals surface area contributed by atoms with Crippen LogP contribution in [0, 0.1) is 20.8 Å². The minimum atomic E-state index is -0.534. The summed E-state index contributed by atoms with van der Waals surface area (Å²) < 4.78 is 15.9. The second-order valence-corrected chi connectivity index (χ2v) is 6.79. The number of carbonyl (C=O) groups is 1. The number of halogens is 1. The molecule has 0 saturated heterocycles. The number of hydrogen-bond acceptors (Lipinski definition) is 5. The fraction of sp³-hybridized carbons (Fsp3) is 0.238. The molecule has 0 saturated carbocycles. The third-order valence-corrected chi connectivity index (χ3v) is 4.74. The van der Waals surface area contributed by atoms with E-state index in [2.05, 4.69) is 0 Å². The monoisotopic (exact) mass is 386 g/mol. The van der Waals surface area contributed by atoms with Crippen molar-refractivity contribution in [1.29, 1.82) is 0 Å². The molecule has 0 radical (unpaired) electrons. The quantitative estimate of drug-likeness (QED) is 0.477. The number of aryl methyl sites for hydroxylation is 3. The molecule has 0 fully saturated rings. The van der Waals surface area contributed by atoms with Crippen LogP contribution in [-0.4, -0.2) is 12.6 Å². The number of ether oxygens (including phenoxy) is 2. The number of esters is 1. The summed E-state index contributed by atoms with van der Waals surface area (Å²) in [6, 6.07) is 10.2. The van der Waals surface area contributed by atoms with Crippen molar-refractivity contribution in [3.63, 3.8) is 0 Å². The Kier molecular flexibility index (Phi) is 5.51. The van der Waals surface area contributed by atoms with Gasteiger partial charge in [-0.1, -0.05) is 11.6 Å². The molecule has 0 unspecified atom stereocenters. The van der Waals surface area contributed by atoms with Crippen LogP contribution in [0.3, 0.4) is 0 Å². The second kappa shape index (κ2) is 7.84. The lowest BCUT2D eigenvalue weighted by atomic mass is 10.0. The Balaban J connectivity index is 1.69. The van der Waals surface area contributed by atoms with Crippen LogP contribution < -0.4 is 10.4 Å². The van der Waals surface area contributed by atoms with Crippen LogP contribution in [0.1, 0.15) is 22.3 Å². The summed E-state index contributed by atoms with van der Waals surface area (Å²) in [5.41, 5.74) is 3.53. The van der Waals surface area contributed by atoms with E-state index < -0.39 is 11.6 Å². The van der Waals surface area contributed by atoms with Crippen molar-refractivity contribution in [3.8, 4) is 5.75 Å². The molecule has 140 valence electrons. The highest BCUT2D eigenvalue weighted by Gasteiger charge is 2.11. The first-order chi connectivity index (χ1) is 12.8. The predicted molar refractivity (Wildman–Crippen MR) is 103 cm³/mol. The van der Waals surface area contributed by atoms with Crippen LogP contribution in [0.15, 0.2) is 45.6 Å². The Morgan fingerprint density at radius 3 is 2.52 bits per heavy atom. The van der Waals surface area contributed by atoms with Crippen molar-refractivity contribution in [2.24, 2.45) is 0 Å². The third-order valence-electron chi connectivity index (χ3n) is 4.32. The minimum absolute atomic E-state index is 0.0353. The Labute approximate surface area is 161 Å². The normalized spacial score (nSPS) is 10.8. The van der Waals surface area contributed by atoms with E-state index in [0.29, 0.717) is 21.9 Å². The zero-order valence-electron chi connectivity index (χ0n) is 15.3. The lowest BCUT2D eigenvalue weighted by Gasteiger charge is -2.10. The van der Waals surface area contributed by atoms with E-state index in [0.717, 1.165) is 22.1 Å². The molecule has 0 amide bonds. The van der Waals surface area contributed by atoms with E-state index >= 15 is 0 Å². The maximum absolute atomic E-state index is 12.0. The molecule has 5 nitrogen and oxygen atoms in total. The van der Waals surface area contributed by atoms with E-state index in [4.69, 9.17) is 25.5 Å². The Morgan fingerprint density at radius 2 is 1.78 bits per heavy atom. The number of benzene rings is 2. The van der Waals surface area contributed by atoms with Crippen molar-refractivity contribution < 1.29 is 18.7 Å². The maximum Gasteiger partial charge on any atom is 0.344 e. The minimum Gasteiger partial charge on any atom is -0.482 e. The lowest BCUT2D eigenvalue weighted by molar-refractivity contribution is -0.147. The Morgan fingerprint density at radius 1 is 1.04 bits per heavy atom. The molecule has 1 aromatic heterocycles. The zero-order chi connectivity index (χ0) is 19.6. The zero-order valence-corrected chi connectivity index (χ0v) is 16.1. The van der Waals surface area contributed by atoms with E-state index in [1.807, 2.05) is 32.9 Å². The van der Waals surface area contributed by atoms with Crippen LogP contribution in [-0.2, 0) is 16.1 Å². The van der Waals surface area contributed by atoms with Crippen LogP contribution in [0.4, 0.5) is 0 Å². The van der Waals surface area contributed by atoms with Gasteiger partial charge >= 0.3 is 11.6 Å². The summed E-state index contributed by atoms with van der Waals surface area (Å²) in [4.78, 5) is 23.8. The van der Waals surface area contributed by atoms with Gasteiger partial charge in [0, 0.05) is 22.0 Å². The molecule has 1 heterocycles. The van der Waals surface area contributed by atoms with Crippen molar-refractivity contribution in [3.05, 3.63) is 74.1 Å². The van der Waals surface area contributed by atoms with Crippen molar-refractivity contribution in [2.45, 2.75) is 27.4 Å². The summed E-state index contributed by atoms with van der Waals surface area (Å²) in [7, 11) is 0. The van der Waals surface area contributed by atoms with Gasteiger partial charge in [-0.25, -0.2) is 9.59 Å². The average molecular weight is 387 g/mol. The topological polar surface area (TPSA) is 65.7 Å². The van der Waals surface area contributed by atoms with Crippen LogP contribution in [0.25, 0.3) is 11.0 Å². The maximum atomic E-state index is 12.0. The van der Waals surface area contributed by atoms with Crippen molar-refractivity contribution in [1.82, 2.24) is 0 Å². The molecular formula is C21H19ClO5. The summed E-state index contributed by atoms with van der Waals surface area (Å²) in [5.74, 6) is -0.00131. The van der Waals surface area contributed by atoms with E-state index in [1.165, 1.54) is 6.07 Å². The molecule has 0 atom stereocenters. The largest absolute Gasteiger partial charge is 0.482 e. The van der Waals surface area contributed by atoms with Gasteiger partial charge in [-0.2, -0.15) is 0 Å². The van der Waals surface area contributed by atoms with Gasteiger partial charge in [-0.05, 0) is 67.8 Å².